The van der Waals surface area contributed by atoms with E-state index in [1.807, 2.05) is 24.3 Å². The number of methoxy groups -OCH3 is 2. The van der Waals surface area contributed by atoms with Gasteiger partial charge in [-0.1, -0.05) is 18.2 Å². The van der Waals surface area contributed by atoms with Crippen LogP contribution in [0.1, 0.15) is 20.8 Å². The Bertz CT molecular complexity index is 1370. The van der Waals surface area contributed by atoms with Gasteiger partial charge in [-0.05, 0) is 36.4 Å². The number of nitrogens with zero attached hydrogens (tertiary/aromatic N) is 2. The van der Waals surface area contributed by atoms with Crippen molar-refractivity contribution < 1.29 is 28.9 Å². The number of ether oxygens (including phenoxy) is 3. The van der Waals surface area contributed by atoms with Crippen LogP contribution in [0.5, 0.6) is 17.2 Å². The monoisotopic (exact) mass is 476 g/mol. The topological polar surface area (TPSA) is 136 Å². The van der Waals surface area contributed by atoms with Crippen LogP contribution in [0.2, 0.25) is 0 Å². The van der Waals surface area contributed by atoms with Crippen LogP contribution in [0.4, 0.5) is 0 Å². The molecule has 2 aromatic heterocycles. The van der Waals surface area contributed by atoms with E-state index in [0.717, 1.165) is 10.9 Å². The lowest BCUT2D eigenvalue weighted by Crippen LogP contribution is -2.30. The summed E-state index contributed by atoms with van der Waals surface area (Å²) in [5, 5.41) is 19.7. The fraction of sp³-hybridized carbons (Fsp3) is 0.200. The Morgan fingerprint density at radius 1 is 0.971 bits per heavy atom. The van der Waals surface area contributed by atoms with Crippen LogP contribution in [0.25, 0.3) is 22.3 Å². The molecule has 10 nitrogen and oxygen atoms in total. The number of aliphatic hydroxyl groups is 1. The number of aliphatic hydroxyl groups excluding tert-OH is 1. The summed E-state index contributed by atoms with van der Waals surface area (Å²) in [5.74, 6) is 0.368. The van der Waals surface area contributed by atoms with Crippen molar-refractivity contribution >= 4 is 22.6 Å². The fourth-order valence-corrected chi connectivity index (χ4v) is 3.52. The molecule has 180 valence electrons. The van der Waals surface area contributed by atoms with Crippen molar-refractivity contribution in [3.63, 3.8) is 0 Å². The van der Waals surface area contributed by atoms with E-state index in [1.54, 1.807) is 24.3 Å². The van der Waals surface area contributed by atoms with Crippen molar-refractivity contribution in [3.05, 3.63) is 65.9 Å². The van der Waals surface area contributed by atoms with E-state index in [0.29, 0.717) is 28.6 Å². The molecule has 0 aliphatic carbocycles. The Kier molecular flexibility index (Phi) is 7.22. The highest BCUT2D eigenvalue weighted by Crippen LogP contribution is 2.32. The van der Waals surface area contributed by atoms with Gasteiger partial charge in [0, 0.05) is 10.9 Å². The summed E-state index contributed by atoms with van der Waals surface area (Å²) in [6, 6.07) is 15.4. The van der Waals surface area contributed by atoms with Gasteiger partial charge in [-0.15, -0.1) is 0 Å². The maximum absolute atomic E-state index is 12.8. The number of carbonyl (C=O) groups excluding carboxylic acids is 2. The third-order valence-corrected chi connectivity index (χ3v) is 5.24. The molecule has 4 rings (SSSR count). The van der Waals surface area contributed by atoms with Crippen molar-refractivity contribution in [2.45, 2.75) is 0 Å². The molecular weight excluding hydrogens is 452 g/mol. The molecule has 0 atom stereocenters. The van der Waals surface area contributed by atoms with Gasteiger partial charge in [-0.25, -0.2) is 4.98 Å². The molecule has 4 aromatic rings. The zero-order valence-corrected chi connectivity index (χ0v) is 19.2. The molecule has 0 spiro atoms. The summed E-state index contributed by atoms with van der Waals surface area (Å²) in [7, 11) is 2.97. The van der Waals surface area contributed by atoms with E-state index in [9.17, 15) is 9.59 Å². The second kappa shape index (κ2) is 10.7. The van der Waals surface area contributed by atoms with Crippen LogP contribution in [0, 0.1) is 0 Å². The predicted molar refractivity (Wildman–Crippen MR) is 128 cm³/mol. The van der Waals surface area contributed by atoms with Gasteiger partial charge in [0.2, 0.25) is 0 Å². The van der Waals surface area contributed by atoms with Crippen LogP contribution in [0.3, 0.4) is 0 Å². The molecule has 0 aliphatic heterocycles. The third-order valence-electron chi connectivity index (χ3n) is 5.24. The molecule has 0 bridgehead atoms. The highest BCUT2D eigenvalue weighted by molar-refractivity contribution is 6.02. The molecule has 0 fully saturated rings. The summed E-state index contributed by atoms with van der Waals surface area (Å²) < 4.78 is 16.0. The maximum atomic E-state index is 12.8. The Hall–Kier alpha value is -4.44. The number of rotatable bonds is 10. The lowest BCUT2D eigenvalue weighted by atomic mass is 10.1. The first kappa shape index (κ1) is 23.7. The molecule has 10 heteroatoms. The second-order valence-electron chi connectivity index (χ2n) is 7.41. The molecule has 1 amide bonds. The first-order valence-corrected chi connectivity index (χ1v) is 10.8. The molecule has 35 heavy (non-hydrogen) atoms. The summed E-state index contributed by atoms with van der Waals surface area (Å²) in [4.78, 5) is 30.0. The van der Waals surface area contributed by atoms with Gasteiger partial charge in [0.1, 0.15) is 29.4 Å². The van der Waals surface area contributed by atoms with Gasteiger partial charge in [0.15, 0.2) is 17.3 Å². The lowest BCUT2D eigenvalue weighted by molar-refractivity contribution is 0.0902. The van der Waals surface area contributed by atoms with Crippen molar-refractivity contribution in [3.8, 4) is 28.6 Å². The number of H-pyrrole nitrogens is 1. The highest BCUT2D eigenvalue weighted by Gasteiger charge is 2.19. The Morgan fingerprint density at radius 3 is 2.51 bits per heavy atom. The van der Waals surface area contributed by atoms with Crippen LogP contribution >= 0.6 is 0 Å². The number of ketones is 1. The molecule has 0 unspecified atom stereocenters. The van der Waals surface area contributed by atoms with E-state index in [-0.39, 0.29) is 36.8 Å². The number of nitrogens with one attached hydrogen (secondary N) is 2. The second-order valence-corrected chi connectivity index (χ2v) is 7.41. The minimum atomic E-state index is -0.461. The van der Waals surface area contributed by atoms with Crippen molar-refractivity contribution in [1.29, 1.82) is 0 Å². The third kappa shape index (κ3) is 5.07. The molecule has 0 aliphatic rings. The number of para-hydroxylation sites is 1. The Balaban J connectivity index is 1.51. The van der Waals surface area contributed by atoms with E-state index in [4.69, 9.17) is 19.3 Å². The number of benzene rings is 2. The number of fused-ring (bicyclic) bond motifs is 1. The van der Waals surface area contributed by atoms with Gasteiger partial charge in [-0.2, -0.15) is 5.10 Å². The molecule has 2 heterocycles. The number of Topliss-reactive ketones (excluding diaryl/α,β-unsaturated/α-hetero) is 1. The van der Waals surface area contributed by atoms with Crippen molar-refractivity contribution in [1.82, 2.24) is 20.5 Å². The smallest absolute Gasteiger partial charge is 0.251 e. The van der Waals surface area contributed by atoms with Crippen molar-refractivity contribution in [2.75, 3.05) is 34.0 Å². The minimum Gasteiger partial charge on any atom is -0.494 e. The zero-order valence-electron chi connectivity index (χ0n) is 19.2. The molecule has 3 N–H and O–H groups in total. The summed E-state index contributed by atoms with van der Waals surface area (Å²) in [6.45, 7) is -0.309. The number of amides is 1. The van der Waals surface area contributed by atoms with E-state index in [1.165, 1.54) is 20.3 Å². The summed E-state index contributed by atoms with van der Waals surface area (Å²) in [5.41, 5.74) is 2.27. The predicted octanol–water partition coefficient (Wildman–Crippen LogP) is 2.63. The average Bonchev–Trinajstić information content (AvgIpc) is 3.33. The van der Waals surface area contributed by atoms with Crippen molar-refractivity contribution in [2.24, 2.45) is 0 Å². The van der Waals surface area contributed by atoms with Crippen LogP contribution in [-0.2, 0) is 0 Å². The standard InChI is InChI=1S/C25H24N4O6/c1-33-21-10-8-18(27-24(21)23-16-5-3-4-6-17(16)28-29-23)19(31)14-26-25(32)15-7-9-20(35-12-11-30)22(13-15)34-2/h3-10,13,30H,11-12,14H2,1-2H3,(H,26,32)(H,28,29). The Labute approximate surface area is 200 Å². The van der Waals surface area contributed by atoms with Crippen LogP contribution < -0.4 is 19.5 Å². The first-order chi connectivity index (χ1) is 17.0. The van der Waals surface area contributed by atoms with Gasteiger partial charge in [0.05, 0.1) is 32.9 Å². The normalized spacial score (nSPS) is 10.7. The number of aromatic amines is 1. The number of carbonyl (C=O) groups is 2. The SMILES string of the molecule is COc1cc(C(=O)NCC(=O)c2ccc(OC)c(-c3n[nH]c4ccccc34)n2)ccc1OCCO. The van der Waals surface area contributed by atoms with Gasteiger partial charge in [0.25, 0.3) is 5.91 Å². The Morgan fingerprint density at radius 2 is 1.74 bits per heavy atom. The maximum Gasteiger partial charge on any atom is 0.251 e. The first-order valence-electron chi connectivity index (χ1n) is 10.8. The number of hydrogen-bond donors (Lipinski definition) is 3. The average molecular weight is 476 g/mol. The van der Waals surface area contributed by atoms with E-state index in [2.05, 4.69) is 20.5 Å². The molecule has 0 saturated carbocycles. The van der Waals surface area contributed by atoms with Gasteiger partial charge in [-0.3, -0.25) is 14.7 Å². The molecular formula is C25H24N4O6. The number of aromatic nitrogens is 3. The number of hydrogen-bond acceptors (Lipinski definition) is 8. The van der Waals surface area contributed by atoms with Crippen LogP contribution in [-0.4, -0.2) is 66.0 Å². The molecule has 0 saturated heterocycles. The van der Waals surface area contributed by atoms with E-state index < -0.39 is 5.91 Å². The molecule has 0 radical (unpaired) electrons. The van der Waals surface area contributed by atoms with Crippen LogP contribution in [0.15, 0.2) is 54.6 Å². The highest BCUT2D eigenvalue weighted by atomic mass is 16.5. The van der Waals surface area contributed by atoms with Gasteiger partial charge < -0.3 is 24.6 Å². The summed E-state index contributed by atoms with van der Waals surface area (Å²) >= 11 is 0. The van der Waals surface area contributed by atoms with Gasteiger partial charge >= 0.3 is 0 Å². The lowest BCUT2D eigenvalue weighted by Gasteiger charge is -2.12. The number of pyridine rings is 1. The fourth-order valence-electron chi connectivity index (χ4n) is 3.52. The largest absolute Gasteiger partial charge is 0.494 e. The zero-order chi connectivity index (χ0) is 24.8. The molecule has 2 aromatic carbocycles. The quantitative estimate of drug-likeness (QED) is 0.297. The summed E-state index contributed by atoms with van der Waals surface area (Å²) in [6.07, 6.45) is 0. The minimum absolute atomic E-state index is 0.0985. The van der Waals surface area contributed by atoms with E-state index >= 15 is 0 Å².